The van der Waals surface area contributed by atoms with Crippen molar-refractivity contribution in [1.82, 2.24) is 24.4 Å². The average molecular weight is 348 g/mol. The summed E-state index contributed by atoms with van der Waals surface area (Å²) >= 11 is 0. The molecule has 3 heterocycles. The molecular formula is C15H21N6O2P. The maximum Gasteiger partial charge on any atom is 0.280 e. The molecule has 24 heavy (non-hydrogen) atoms. The number of aromatic amines is 1. The zero-order valence-corrected chi connectivity index (χ0v) is 14.9. The molecule has 1 aliphatic carbocycles. The number of rotatable bonds is 3. The van der Waals surface area contributed by atoms with Gasteiger partial charge in [-0.2, -0.15) is 4.98 Å². The van der Waals surface area contributed by atoms with Gasteiger partial charge in [0.05, 0.1) is 18.8 Å². The van der Waals surface area contributed by atoms with Gasteiger partial charge in [-0.15, -0.1) is 9.24 Å². The van der Waals surface area contributed by atoms with Crippen molar-refractivity contribution in [1.29, 1.82) is 0 Å². The van der Waals surface area contributed by atoms with Gasteiger partial charge in [0.25, 0.3) is 5.56 Å². The largest absolute Gasteiger partial charge is 0.369 e. The highest BCUT2D eigenvalue weighted by atomic mass is 31.0. The van der Waals surface area contributed by atoms with Crippen molar-refractivity contribution in [2.45, 2.75) is 37.3 Å². The molecule has 9 heteroatoms. The highest BCUT2D eigenvalue weighted by Gasteiger charge is 2.43. The van der Waals surface area contributed by atoms with E-state index in [4.69, 9.17) is 4.74 Å². The minimum atomic E-state index is -0.285. The topological polar surface area (TPSA) is 88.4 Å². The number of aromatic nitrogens is 4. The molecule has 0 aromatic carbocycles. The number of nitrogens with one attached hydrogen (secondary N) is 1. The number of aliphatic imine (C=N–C) groups is 1. The van der Waals surface area contributed by atoms with Crippen molar-refractivity contribution in [3.8, 4) is 0 Å². The molecule has 2 fully saturated rings. The molecule has 0 radical (unpaired) electrons. The van der Waals surface area contributed by atoms with Crippen LogP contribution >= 0.6 is 9.24 Å². The summed E-state index contributed by atoms with van der Waals surface area (Å²) in [7, 11) is 6.60. The SMILES string of the molecule is CN(C)/C=N\c1nc2c(ncn2C2CC3CCC(P)C3O2)c(=O)[nH]1. The molecule has 1 saturated carbocycles. The first kappa shape index (κ1) is 15.7. The highest BCUT2D eigenvalue weighted by molar-refractivity contribution is 7.17. The third-order valence-corrected chi connectivity index (χ3v) is 5.43. The Bertz CT molecular complexity index is 844. The van der Waals surface area contributed by atoms with E-state index >= 15 is 0 Å². The second-order valence-corrected chi connectivity index (χ2v) is 7.57. The molecule has 0 spiro atoms. The zero-order chi connectivity index (χ0) is 16.8. The van der Waals surface area contributed by atoms with Crippen molar-refractivity contribution < 1.29 is 4.74 Å². The first-order chi connectivity index (χ1) is 11.5. The van der Waals surface area contributed by atoms with Crippen LogP contribution < -0.4 is 5.56 Å². The summed E-state index contributed by atoms with van der Waals surface area (Å²) < 4.78 is 8.10. The Balaban J connectivity index is 1.70. The molecule has 1 N–H and O–H groups in total. The smallest absolute Gasteiger partial charge is 0.280 e. The van der Waals surface area contributed by atoms with E-state index in [0.29, 0.717) is 22.7 Å². The molecule has 128 valence electrons. The van der Waals surface area contributed by atoms with E-state index < -0.39 is 0 Å². The predicted molar refractivity (Wildman–Crippen MR) is 94.7 cm³/mol. The van der Waals surface area contributed by atoms with Crippen molar-refractivity contribution in [3.05, 3.63) is 16.7 Å². The van der Waals surface area contributed by atoms with Crippen LogP contribution in [-0.4, -0.2) is 56.6 Å². The van der Waals surface area contributed by atoms with Gasteiger partial charge < -0.3 is 9.64 Å². The van der Waals surface area contributed by atoms with E-state index in [-0.39, 0.29) is 23.8 Å². The van der Waals surface area contributed by atoms with Gasteiger partial charge >= 0.3 is 0 Å². The molecule has 8 nitrogen and oxygen atoms in total. The second kappa shape index (κ2) is 5.93. The van der Waals surface area contributed by atoms with Crippen LogP contribution in [-0.2, 0) is 4.74 Å². The third kappa shape index (κ3) is 2.63. The van der Waals surface area contributed by atoms with Crippen LogP contribution in [0.3, 0.4) is 0 Å². The van der Waals surface area contributed by atoms with E-state index in [1.165, 1.54) is 12.8 Å². The van der Waals surface area contributed by atoms with Gasteiger partial charge in [0.1, 0.15) is 6.23 Å². The van der Waals surface area contributed by atoms with Crippen molar-refractivity contribution in [2.75, 3.05) is 14.1 Å². The van der Waals surface area contributed by atoms with E-state index in [2.05, 4.69) is 29.2 Å². The number of hydrogen-bond donors (Lipinski definition) is 1. The number of fused-ring (bicyclic) bond motifs is 2. The maximum atomic E-state index is 12.2. The van der Waals surface area contributed by atoms with Crippen molar-refractivity contribution >= 4 is 32.7 Å². The molecule has 1 aliphatic heterocycles. The normalized spacial score (nSPS) is 29.6. The van der Waals surface area contributed by atoms with Crippen LogP contribution in [0.4, 0.5) is 5.95 Å². The minimum absolute atomic E-state index is 0.117. The molecule has 2 aliphatic rings. The van der Waals surface area contributed by atoms with E-state index in [1.807, 2.05) is 18.7 Å². The molecule has 1 saturated heterocycles. The fraction of sp³-hybridized carbons (Fsp3) is 0.600. The van der Waals surface area contributed by atoms with Gasteiger partial charge in [-0.25, -0.2) is 9.98 Å². The van der Waals surface area contributed by atoms with Crippen molar-refractivity contribution in [2.24, 2.45) is 10.9 Å². The first-order valence-corrected chi connectivity index (χ1v) is 8.78. The quantitative estimate of drug-likeness (QED) is 0.513. The number of H-pyrrole nitrogens is 1. The molecule has 2 aromatic rings. The molecular weight excluding hydrogens is 327 g/mol. The Hall–Kier alpha value is -1.79. The lowest BCUT2D eigenvalue weighted by atomic mass is 10.0. The number of nitrogens with zero attached hydrogens (tertiary/aromatic N) is 5. The van der Waals surface area contributed by atoms with Gasteiger partial charge in [0.15, 0.2) is 11.2 Å². The third-order valence-electron chi connectivity index (χ3n) is 4.72. The van der Waals surface area contributed by atoms with Gasteiger partial charge in [-0.3, -0.25) is 14.3 Å². The van der Waals surface area contributed by atoms with Gasteiger partial charge in [0.2, 0.25) is 5.95 Å². The summed E-state index contributed by atoms with van der Waals surface area (Å²) in [6.07, 6.45) is 6.72. The Morgan fingerprint density at radius 2 is 2.33 bits per heavy atom. The summed E-state index contributed by atoms with van der Waals surface area (Å²) in [6.45, 7) is 0. The van der Waals surface area contributed by atoms with Gasteiger partial charge in [-0.1, -0.05) is 0 Å². The lowest BCUT2D eigenvalue weighted by molar-refractivity contribution is 0.00414. The number of imidazole rings is 1. The molecule has 5 unspecified atom stereocenters. The molecule has 4 rings (SSSR count). The summed E-state index contributed by atoms with van der Waals surface area (Å²) in [5.41, 5.74) is 1.06. The van der Waals surface area contributed by atoms with Crippen LogP contribution in [0.2, 0.25) is 0 Å². The minimum Gasteiger partial charge on any atom is -0.369 e. The van der Waals surface area contributed by atoms with Crippen molar-refractivity contribution in [3.63, 3.8) is 0 Å². The average Bonchev–Trinajstić information content (AvgIpc) is 3.21. The standard InChI is InChI=1S/C15H21N6O2P/c1-20(2)6-17-15-18-13-11(14(22)19-15)16-7-21(13)10-5-8-3-4-9(24)12(8)23-10/h6-10,12H,3-5,24H2,1-2H3,(H,18,19,22)/b17-6-. The Labute approximate surface area is 141 Å². The van der Waals surface area contributed by atoms with Crippen LogP contribution in [0.25, 0.3) is 11.2 Å². The summed E-state index contributed by atoms with van der Waals surface area (Å²) in [5.74, 6) is 0.841. The maximum absolute atomic E-state index is 12.2. The first-order valence-electron chi connectivity index (χ1n) is 8.11. The second-order valence-electron chi connectivity index (χ2n) is 6.71. The molecule has 2 aromatic heterocycles. The van der Waals surface area contributed by atoms with Crippen LogP contribution in [0.5, 0.6) is 0 Å². The molecule has 0 amide bonds. The van der Waals surface area contributed by atoms with Gasteiger partial charge in [-0.05, 0) is 25.2 Å². The van der Waals surface area contributed by atoms with Crippen LogP contribution in [0.15, 0.2) is 16.1 Å². The lowest BCUT2D eigenvalue weighted by Crippen LogP contribution is -2.19. The van der Waals surface area contributed by atoms with E-state index in [1.54, 1.807) is 17.6 Å². The Morgan fingerprint density at radius 3 is 3.08 bits per heavy atom. The van der Waals surface area contributed by atoms with Crippen LogP contribution in [0, 0.1) is 5.92 Å². The molecule has 0 bridgehead atoms. The highest BCUT2D eigenvalue weighted by Crippen LogP contribution is 2.46. The zero-order valence-electron chi connectivity index (χ0n) is 13.7. The summed E-state index contributed by atoms with van der Waals surface area (Å²) in [5, 5.41) is 0. The predicted octanol–water partition coefficient (Wildman–Crippen LogP) is 1.28. The summed E-state index contributed by atoms with van der Waals surface area (Å²) in [4.78, 5) is 29.5. The summed E-state index contributed by atoms with van der Waals surface area (Å²) in [6, 6.07) is 0. The fourth-order valence-electron chi connectivity index (χ4n) is 3.58. The Kier molecular flexibility index (Phi) is 3.89. The lowest BCUT2D eigenvalue weighted by Gasteiger charge is -2.17. The van der Waals surface area contributed by atoms with Gasteiger partial charge in [0, 0.05) is 19.8 Å². The monoisotopic (exact) mass is 348 g/mol. The number of ether oxygens (including phenoxy) is 1. The van der Waals surface area contributed by atoms with E-state index in [0.717, 1.165) is 6.42 Å². The fourth-order valence-corrected chi connectivity index (χ4v) is 4.18. The number of hydrogen-bond acceptors (Lipinski definition) is 5. The Morgan fingerprint density at radius 1 is 1.50 bits per heavy atom. The van der Waals surface area contributed by atoms with Crippen LogP contribution in [0.1, 0.15) is 25.5 Å². The van der Waals surface area contributed by atoms with E-state index in [9.17, 15) is 4.79 Å². The molecule has 5 atom stereocenters.